The summed E-state index contributed by atoms with van der Waals surface area (Å²) in [5, 5.41) is 0.426. The fraction of sp³-hybridized carbons (Fsp3) is 0.0667. The van der Waals surface area contributed by atoms with Gasteiger partial charge in [0.15, 0.2) is 0 Å². The Morgan fingerprint density at radius 1 is 1.00 bits per heavy atom. The fourth-order valence-corrected chi connectivity index (χ4v) is 1.79. The molecule has 0 saturated carbocycles. The van der Waals surface area contributed by atoms with Crippen molar-refractivity contribution in [1.82, 2.24) is 4.98 Å². The molecular weight excluding hydrogens is 258 g/mol. The van der Waals surface area contributed by atoms with Gasteiger partial charge in [0.25, 0.3) is 0 Å². The molecule has 20 heavy (non-hydrogen) atoms. The second-order valence-corrected chi connectivity index (χ2v) is 4.06. The molecule has 2 aromatic carbocycles. The molecule has 0 unspecified atom stereocenters. The molecule has 0 aliphatic rings. The zero-order chi connectivity index (χ0) is 13.9. The van der Waals surface area contributed by atoms with E-state index in [2.05, 4.69) is 4.98 Å². The van der Waals surface area contributed by atoms with Gasteiger partial charge in [0.05, 0.1) is 18.0 Å². The average Bonchev–Trinajstić information content (AvgIpc) is 2.48. The van der Waals surface area contributed by atoms with Gasteiger partial charge in [-0.3, -0.25) is 0 Å². The van der Waals surface area contributed by atoms with Gasteiger partial charge in [0.2, 0.25) is 0 Å². The molecule has 0 aliphatic carbocycles. The Labute approximate surface area is 114 Å². The van der Waals surface area contributed by atoms with Gasteiger partial charge in [-0.2, -0.15) is 4.98 Å². The Morgan fingerprint density at radius 3 is 2.45 bits per heavy atom. The van der Waals surface area contributed by atoms with Gasteiger partial charge in [0.1, 0.15) is 11.5 Å². The molecule has 0 amide bonds. The quantitative estimate of drug-likeness (QED) is 0.731. The largest absolute Gasteiger partial charge is 0.497 e. The summed E-state index contributed by atoms with van der Waals surface area (Å²) < 4.78 is 15.5. The van der Waals surface area contributed by atoms with Crippen LogP contribution < -0.4 is 15.1 Å². The number of methoxy groups -OCH3 is 1. The minimum absolute atomic E-state index is 0.0844. The lowest BCUT2D eigenvalue weighted by molar-refractivity contribution is 0.306. The molecule has 0 saturated heterocycles. The molecule has 0 bridgehead atoms. The third kappa shape index (κ3) is 2.33. The fourth-order valence-electron chi connectivity index (χ4n) is 1.79. The Hall–Kier alpha value is -2.82. The van der Waals surface area contributed by atoms with Gasteiger partial charge in [-0.05, 0) is 36.4 Å². The van der Waals surface area contributed by atoms with Crippen LogP contribution in [0.4, 0.5) is 0 Å². The van der Waals surface area contributed by atoms with Crippen molar-refractivity contribution in [2.45, 2.75) is 0 Å². The predicted octanol–water partition coefficient (Wildman–Crippen LogP) is 2.99. The van der Waals surface area contributed by atoms with Crippen LogP contribution in [0.25, 0.3) is 10.9 Å². The van der Waals surface area contributed by atoms with Crippen molar-refractivity contribution in [3.63, 3.8) is 0 Å². The van der Waals surface area contributed by atoms with Crippen LogP contribution in [0.3, 0.4) is 0 Å². The van der Waals surface area contributed by atoms with E-state index < -0.39 is 5.63 Å². The summed E-state index contributed by atoms with van der Waals surface area (Å²) in [7, 11) is 1.58. The molecule has 3 aromatic rings. The maximum Gasteiger partial charge on any atom is 0.402 e. The molecule has 0 fully saturated rings. The van der Waals surface area contributed by atoms with Gasteiger partial charge in [0, 0.05) is 0 Å². The predicted molar refractivity (Wildman–Crippen MR) is 73.3 cm³/mol. The molecule has 0 spiro atoms. The molecule has 0 atom stereocenters. The van der Waals surface area contributed by atoms with E-state index in [1.165, 1.54) is 0 Å². The third-order valence-corrected chi connectivity index (χ3v) is 2.78. The number of aromatic nitrogens is 1. The van der Waals surface area contributed by atoms with E-state index in [1.54, 1.807) is 55.6 Å². The average molecular weight is 269 g/mol. The zero-order valence-corrected chi connectivity index (χ0v) is 10.7. The molecule has 5 nitrogen and oxygen atoms in total. The first kappa shape index (κ1) is 12.2. The number of rotatable bonds is 3. The summed E-state index contributed by atoms with van der Waals surface area (Å²) in [5.74, 6) is 1.22. The van der Waals surface area contributed by atoms with E-state index in [1.807, 2.05) is 0 Å². The van der Waals surface area contributed by atoms with Crippen LogP contribution in [0.2, 0.25) is 0 Å². The van der Waals surface area contributed by atoms with Crippen LogP contribution in [0.5, 0.6) is 17.6 Å². The molecule has 100 valence electrons. The summed E-state index contributed by atoms with van der Waals surface area (Å²) >= 11 is 0. The molecule has 1 heterocycles. The highest BCUT2D eigenvalue weighted by molar-refractivity contribution is 5.76. The van der Waals surface area contributed by atoms with Gasteiger partial charge in [-0.25, -0.2) is 4.79 Å². The number of benzene rings is 2. The smallest absolute Gasteiger partial charge is 0.402 e. The summed E-state index contributed by atoms with van der Waals surface area (Å²) in [6.07, 6.45) is -0.0844. The standard InChI is InChI=1S/C15H11NO4/c1-18-10-6-8-11(9-7-10)19-15-16-13-5-3-2-4-12(13)14(17)20-15/h2-9H,1H3. The molecule has 1 aromatic heterocycles. The Kier molecular flexibility index (Phi) is 3.09. The first-order valence-corrected chi connectivity index (χ1v) is 5.98. The lowest BCUT2D eigenvalue weighted by atomic mass is 10.2. The summed E-state index contributed by atoms with van der Waals surface area (Å²) in [4.78, 5) is 15.9. The molecule has 5 heteroatoms. The van der Waals surface area contributed by atoms with Crippen molar-refractivity contribution < 1.29 is 13.9 Å². The van der Waals surface area contributed by atoms with Crippen LogP contribution >= 0.6 is 0 Å². The van der Waals surface area contributed by atoms with Crippen molar-refractivity contribution in [2.75, 3.05) is 7.11 Å². The van der Waals surface area contributed by atoms with E-state index in [-0.39, 0.29) is 6.08 Å². The van der Waals surface area contributed by atoms with E-state index in [4.69, 9.17) is 13.9 Å². The van der Waals surface area contributed by atoms with E-state index in [0.29, 0.717) is 22.4 Å². The van der Waals surface area contributed by atoms with Crippen molar-refractivity contribution in [1.29, 1.82) is 0 Å². The summed E-state index contributed by atoms with van der Waals surface area (Å²) in [6, 6.07) is 13.8. The topological polar surface area (TPSA) is 61.6 Å². The first-order valence-electron chi connectivity index (χ1n) is 5.98. The molecular formula is C15H11NO4. The highest BCUT2D eigenvalue weighted by Gasteiger charge is 2.07. The van der Waals surface area contributed by atoms with Crippen LogP contribution in [-0.2, 0) is 0 Å². The highest BCUT2D eigenvalue weighted by Crippen LogP contribution is 2.22. The van der Waals surface area contributed by atoms with E-state index in [9.17, 15) is 4.79 Å². The monoisotopic (exact) mass is 269 g/mol. The lowest BCUT2D eigenvalue weighted by Gasteiger charge is -2.04. The number of nitrogens with zero attached hydrogens (tertiary/aromatic N) is 1. The second kappa shape index (κ2) is 5.05. The maximum absolute atomic E-state index is 11.8. The highest BCUT2D eigenvalue weighted by atomic mass is 16.6. The Balaban J connectivity index is 1.96. The second-order valence-electron chi connectivity index (χ2n) is 4.06. The van der Waals surface area contributed by atoms with Crippen molar-refractivity contribution in [3.8, 4) is 17.6 Å². The summed E-state index contributed by atoms with van der Waals surface area (Å²) in [5.41, 5.74) is 0.0615. The number of ether oxygens (including phenoxy) is 2. The van der Waals surface area contributed by atoms with Gasteiger partial charge in [-0.15, -0.1) is 0 Å². The first-order chi connectivity index (χ1) is 9.76. The van der Waals surface area contributed by atoms with E-state index >= 15 is 0 Å². The SMILES string of the molecule is COc1ccc(Oc2nc3ccccc3c(=O)o2)cc1. The molecule has 0 radical (unpaired) electrons. The number of para-hydroxylation sites is 1. The minimum atomic E-state index is -0.473. The van der Waals surface area contributed by atoms with Crippen LogP contribution in [0.15, 0.2) is 57.7 Å². The van der Waals surface area contributed by atoms with Crippen molar-refractivity contribution in [3.05, 3.63) is 59.0 Å². The third-order valence-electron chi connectivity index (χ3n) is 2.78. The zero-order valence-electron chi connectivity index (χ0n) is 10.7. The van der Waals surface area contributed by atoms with E-state index in [0.717, 1.165) is 0 Å². The Morgan fingerprint density at radius 2 is 1.70 bits per heavy atom. The van der Waals surface area contributed by atoms with Crippen molar-refractivity contribution >= 4 is 10.9 Å². The minimum Gasteiger partial charge on any atom is -0.497 e. The van der Waals surface area contributed by atoms with Gasteiger partial charge in [-0.1, -0.05) is 12.1 Å². The number of hydrogen-bond acceptors (Lipinski definition) is 5. The molecule has 3 rings (SSSR count). The van der Waals surface area contributed by atoms with Crippen LogP contribution in [-0.4, -0.2) is 12.1 Å². The normalized spacial score (nSPS) is 10.4. The van der Waals surface area contributed by atoms with Crippen molar-refractivity contribution in [2.24, 2.45) is 0 Å². The Bertz CT molecular complexity index is 793. The summed E-state index contributed by atoms with van der Waals surface area (Å²) in [6.45, 7) is 0. The van der Waals surface area contributed by atoms with Crippen LogP contribution in [0, 0.1) is 0 Å². The van der Waals surface area contributed by atoms with Gasteiger partial charge < -0.3 is 13.9 Å². The molecule has 0 aliphatic heterocycles. The maximum atomic E-state index is 11.8. The number of fused-ring (bicyclic) bond motifs is 1. The number of hydrogen-bond donors (Lipinski definition) is 0. The van der Waals surface area contributed by atoms with Gasteiger partial charge >= 0.3 is 11.7 Å². The molecule has 0 N–H and O–H groups in total. The lowest BCUT2D eigenvalue weighted by Crippen LogP contribution is -2.02. The van der Waals surface area contributed by atoms with Crippen LogP contribution in [0.1, 0.15) is 0 Å².